The van der Waals surface area contributed by atoms with Crippen LogP contribution in [-0.4, -0.2) is 47.3 Å². The Morgan fingerprint density at radius 1 is 1.28 bits per heavy atom. The number of hydrogen-bond acceptors (Lipinski definition) is 5. The zero-order valence-corrected chi connectivity index (χ0v) is 16.9. The first kappa shape index (κ1) is 20.6. The molecule has 1 aromatic carbocycles. The molecule has 1 aromatic heterocycles. The van der Waals surface area contributed by atoms with Crippen LogP contribution in [0.4, 0.5) is 0 Å². The number of carbonyl (C=O) groups excluding carboxylic acids is 3. The van der Waals surface area contributed by atoms with E-state index in [4.69, 9.17) is 4.74 Å². The van der Waals surface area contributed by atoms with Crippen LogP contribution in [0.5, 0.6) is 0 Å². The summed E-state index contributed by atoms with van der Waals surface area (Å²) in [6.07, 6.45) is 2.37. The Hall–Kier alpha value is -3.16. The van der Waals surface area contributed by atoms with Gasteiger partial charge < -0.3 is 15.4 Å². The van der Waals surface area contributed by atoms with Crippen molar-refractivity contribution in [3.05, 3.63) is 46.8 Å². The molecule has 0 saturated carbocycles. The average molecular weight is 398 g/mol. The van der Waals surface area contributed by atoms with E-state index in [0.29, 0.717) is 31.4 Å². The van der Waals surface area contributed by atoms with E-state index < -0.39 is 6.04 Å². The number of ether oxygens (including phenoxy) is 1. The fourth-order valence-corrected chi connectivity index (χ4v) is 3.52. The summed E-state index contributed by atoms with van der Waals surface area (Å²) in [6, 6.07) is 6.59. The minimum absolute atomic E-state index is 0.136. The molecule has 2 aromatic rings. The van der Waals surface area contributed by atoms with Crippen LogP contribution in [0.15, 0.2) is 24.3 Å². The van der Waals surface area contributed by atoms with Gasteiger partial charge in [-0.3, -0.25) is 14.4 Å². The van der Waals surface area contributed by atoms with E-state index in [2.05, 4.69) is 15.7 Å². The molecule has 0 bridgehead atoms. The van der Waals surface area contributed by atoms with E-state index in [-0.39, 0.29) is 17.8 Å². The number of benzene rings is 1. The second-order valence-corrected chi connectivity index (χ2v) is 7.14. The molecule has 1 saturated heterocycles. The third-order valence-electron chi connectivity index (χ3n) is 5.21. The summed E-state index contributed by atoms with van der Waals surface area (Å²) < 4.78 is 6.51. The summed E-state index contributed by atoms with van der Waals surface area (Å²) in [5, 5.41) is 10.1. The molecule has 0 radical (unpaired) electrons. The molecule has 2 N–H and O–H groups in total. The van der Waals surface area contributed by atoms with Crippen LogP contribution in [-0.2, 0) is 20.7 Å². The van der Waals surface area contributed by atoms with Crippen molar-refractivity contribution < 1.29 is 19.1 Å². The van der Waals surface area contributed by atoms with Gasteiger partial charge in [-0.2, -0.15) is 5.10 Å². The van der Waals surface area contributed by atoms with Gasteiger partial charge in [-0.15, -0.1) is 0 Å². The molecule has 2 amide bonds. The molecule has 8 heteroatoms. The van der Waals surface area contributed by atoms with Gasteiger partial charge in [0.15, 0.2) is 0 Å². The molecule has 1 unspecified atom stereocenters. The molecule has 0 spiro atoms. The summed E-state index contributed by atoms with van der Waals surface area (Å²) in [6.45, 7) is 4.52. The van der Waals surface area contributed by atoms with E-state index >= 15 is 0 Å². The lowest BCUT2D eigenvalue weighted by molar-refractivity contribution is -0.140. The monoisotopic (exact) mass is 398 g/mol. The third kappa shape index (κ3) is 4.64. The number of piperidine rings is 1. The summed E-state index contributed by atoms with van der Waals surface area (Å²) in [4.78, 5) is 35.7. The second-order valence-electron chi connectivity index (χ2n) is 7.14. The van der Waals surface area contributed by atoms with Crippen LogP contribution >= 0.6 is 0 Å². The first-order chi connectivity index (χ1) is 13.9. The Labute approximate surface area is 169 Å². The number of hydrogen-bond donors (Lipinski definition) is 2. The number of aryl methyl sites for hydroxylation is 1. The SMILES string of the molecule is COC(=O)CCc1c(C)nn(-c2ccc(C(=O)NC3CCCNC3=O)cc2)c1C. The zero-order chi connectivity index (χ0) is 21.0. The summed E-state index contributed by atoms with van der Waals surface area (Å²) >= 11 is 0. The largest absolute Gasteiger partial charge is 0.469 e. The number of nitrogens with zero attached hydrogens (tertiary/aromatic N) is 2. The molecular formula is C21H26N4O4. The lowest BCUT2D eigenvalue weighted by Gasteiger charge is -2.22. The zero-order valence-electron chi connectivity index (χ0n) is 16.9. The quantitative estimate of drug-likeness (QED) is 0.720. The van der Waals surface area contributed by atoms with Crippen LogP contribution in [0.1, 0.15) is 46.6 Å². The van der Waals surface area contributed by atoms with Crippen molar-refractivity contribution in [3.8, 4) is 5.69 Å². The minimum Gasteiger partial charge on any atom is -0.469 e. The van der Waals surface area contributed by atoms with Crippen LogP contribution in [0.25, 0.3) is 5.69 Å². The van der Waals surface area contributed by atoms with Crippen LogP contribution in [0, 0.1) is 13.8 Å². The number of amides is 2. The van der Waals surface area contributed by atoms with E-state index in [0.717, 1.165) is 29.1 Å². The summed E-state index contributed by atoms with van der Waals surface area (Å²) in [5.41, 5.74) is 4.13. The van der Waals surface area contributed by atoms with Gasteiger partial charge in [0.2, 0.25) is 5.91 Å². The maximum Gasteiger partial charge on any atom is 0.305 e. The Morgan fingerprint density at radius 2 is 2.00 bits per heavy atom. The lowest BCUT2D eigenvalue weighted by atomic mass is 10.1. The molecule has 1 fully saturated rings. The molecule has 2 heterocycles. The molecule has 8 nitrogen and oxygen atoms in total. The Bertz CT molecular complexity index is 918. The number of nitrogens with one attached hydrogen (secondary N) is 2. The highest BCUT2D eigenvalue weighted by Gasteiger charge is 2.24. The molecule has 1 aliphatic heterocycles. The molecular weight excluding hydrogens is 372 g/mol. The topological polar surface area (TPSA) is 102 Å². The number of rotatable bonds is 6. The van der Waals surface area contributed by atoms with E-state index in [1.807, 2.05) is 26.0 Å². The molecule has 1 aliphatic rings. The van der Waals surface area contributed by atoms with Gasteiger partial charge in [-0.25, -0.2) is 4.68 Å². The van der Waals surface area contributed by atoms with E-state index in [1.165, 1.54) is 7.11 Å². The summed E-state index contributed by atoms with van der Waals surface area (Å²) in [7, 11) is 1.38. The Morgan fingerprint density at radius 3 is 2.66 bits per heavy atom. The molecule has 154 valence electrons. The number of esters is 1. The highest BCUT2D eigenvalue weighted by molar-refractivity contribution is 5.97. The van der Waals surface area contributed by atoms with Gasteiger partial charge in [0.1, 0.15) is 6.04 Å². The van der Waals surface area contributed by atoms with Crippen LogP contribution in [0.3, 0.4) is 0 Å². The molecule has 3 rings (SSSR count). The van der Waals surface area contributed by atoms with Gasteiger partial charge in [0, 0.05) is 24.2 Å². The lowest BCUT2D eigenvalue weighted by Crippen LogP contribution is -2.50. The van der Waals surface area contributed by atoms with Crippen molar-refractivity contribution in [1.82, 2.24) is 20.4 Å². The van der Waals surface area contributed by atoms with Crippen molar-refractivity contribution in [2.24, 2.45) is 0 Å². The maximum absolute atomic E-state index is 12.5. The Kier molecular flexibility index (Phi) is 6.31. The first-order valence-corrected chi connectivity index (χ1v) is 9.71. The van der Waals surface area contributed by atoms with Crippen LogP contribution < -0.4 is 10.6 Å². The fraction of sp³-hybridized carbons (Fsp3) is 0.429. The smallest absolute Gasteiger partial charge is 0.305 e. The standard InChI is InChI=1S/C21H26N4O4/c1-13-17(10-11-19(26)29-3)14(2)25(24-13)16-8-6-15(7-9-16)20(27)23-18-5-4-12-22-21(18)28/h6-9,18H,4-5,10-12H2,1-3H3,(H,22,28)(H,23,27). The fourth-order valence-electron chi connectivity index (χ4n) is 3.52. The van der Waals surface area contributed by atoms with E-state index in [9.17, 15) is 14.4 Å². The molecule has 0 aliphatic carbocycles. The molecule has 29 heavy (non-hydrogen) atoms. The van der Waals surface area contributed by atoms with Crippen molar-refractivity contribution in [1.29, 1.82) is 0 Å². The van der Waals surface area contributed by atoms with E-state index in [1.54, 1.807) is 16.8 Å². The third-order valence-corrected chi connectivity index (χ3v) is 5.21. The van der Waals surface area contributed by atoms with Crippen molar-refractivity contribution in [3.63, 3.8) is 0 Å². The highest BCUT2D eigenvalue weighted by atomic mass is 16.5. The molecule has 1 atom stereocenters. The highest BCUT2D eigenvalue weighted by Crippen LogP contribution is 2.20. The summed E-state index contributed by atoms with van der Waals surface area (Å²) in [5.74, 6) is -0.660. The Balaban J connectivity index is 1.72. The van der Waals surface area contributed by atoms with Gasteiger partial charge in [0.25, 0.3) is 5.91 Å². The van der Waals surface area contributed by atoms with Crippen LogP contribution in [0.2, 0.25) is 0 Å². The first-order valence-electron chi connectivity index (χ1n) is 9.71. The average Bonchev–Trinajstić information content (AvgIpc) is 3.01. The number of aromatic nitrogens is 2. The van der Waals surface area contributed by atoms with Gasteiger partial charge in [-0.1, -0.05) is 0 Å². The number of carbonyl (C=O) groups is 3. The van der Waals surface area contributed by atoms with Gasteiger partial charge in [-0.05, 0) is 62.9 Å². The predicted molar refractivity (Wildman–Crippen MR) is 107 cm³/mol. The predicted octanol–water partition coefficient (Wildman–Crippen LogP) is 1.60. The van der Waals surface area contributed by atoms with Crippen molar-refractivity contribution in [2.75, 3.05) is 13.7 Å². The van der Waals surface area contributed by atoms with Gasteiger partial charge >= 0.3 is 5.97 Å². The second kappa shape index (κ2) is 8.89. The van der Waals surface area contributed by atoms with Gasteiger partial charge in [0.05, 0.1) is 18.5 Å². The van der Waals surface area contributed by atoms with Crippen molar-refractivity contribution >= 4 is 17.8 Å². The van der Waals surface area contributed by atoms with Crippen molar-refractivity contribution in [2.45, 2.75) is 45.6 Å². The maximum atomic E-state index is 12.5. The minimum atomic E-state index is -0.482. The number of methoxy groups -OCH3 is 1. The normalized spacial score (nSPS) is 16.2.